The largest absolute Gasteiger partial charge is 0.481 e. The number of methoxy groups -OCH3 is 1. The summed E-state index contributed by atoms with van der Waals surface area (Å²) in [5.41, 5.74) is 3.05. The number of nitrogens with zero attached hydrogens (tertiary/aromatic N) is 3. The highest BCUT2D eigenvalue weighted by molar-refractivity contribution is 5.39. The molecule has 2 heterocycles. The highest BCUT2D eigenvalue weighted by Gasteiger charge is 2.04. The van der Waals surface area contributed by atoms with Crippen molar-refractivity contribution in [2.45, 2.75) is 20.4 Å². The van der Waals surface area contributed by atoms with Gasteiger partial charge in [-0.25, -0.2) is 4.98 Å². The van der Waals surface area contributed by atoms with Gasteiger partial charge < -0.3 is 10.1 Å². The number of rotatable bonds is 4. The number of ether oxygens (including phenoxy) is 1. The SMILES string of the molecule is COc1ncccc1CNc1cc(C)c(C)nn1. The molecule has 0 aliphatic heterocycles. The number of aromatic nitrogens is 3. The fourth-order valence-corrected chi connectivity index (χ4v) is 1.56. The van der Waals surface area contributed by atoms with Crippen LogP contribution in [0.1, 0.15) is 16.8 Å². The van der Waals surface area contributed by atoms with Crippen molar-refractivity contribution in [1.29, 1.82) is 0 Å². The van der Waals surface area contributed by atoms with Crippen LogP contribution in [0.4, 0.5) is 5.82 Å². The molecule has 0 unspecified atom stereocenters. The summed E-state index contributed by atoms with van der Waals surface area (Å²) < 4.78 is 5.19. The Morgan fingerprint density at radius 2 is 2.11 bits per heavy atom. The minimum absolute atomic E-state index is 0.605. The molecule has 0 aliphatic rings. The number of nitrogens with one attached hydrogen (secondary N) is 1. The van der Waals surface area contributed by atoms with Crippen molar-refractivity contribution >= 4 is 5.82 Å². The zero-order valence-electron chi connectivity index (χ0n) is 10.8. The Balaban J connectivity index is 2.09. The van der Waals surface area contributed by atoms with E-state index < -0.39 is 0 Å². The molecule has 2 aromatic rings. The van der Waals surface area contributed by atoms with Gasteiger partial charge in [-0.2, -0.15) is 5.10 Å². The number of hydrogen-bond acceptors (Lipinski definition) is 5. The zero-order valence-corrected chi connectivity index (χ0v) is 10.8. The fourth-order valence-electron chi connectivity index (χ4n) is 1.56. The smallest absolute Gasteiger partial charge is 0.218 e. The first-order chi connectivity index (χ1) is 8.70. The normalized spacial score (nSPS) is 10.2. The molecule has 0 saturated heterocycles. The molecule has 0 amide bonds. The Kier molecular flexibility index (Phi) is 3.72. The average Bonchev–Trinajstić information content (AvgIpc) is 2.40. The maximum absolute atomic E-state index is 5.19. The van der Waals surface area contributed by atoms with E-state index in [0.29, 0.717) is 12.4 Å². The van der Waals surface area contributed by atoms with Gasteiger partial charge in [-0.15, -0.1) is 5.10 Å². The van der Waals surface area contributed by atoms with E-state index in [1.54, 1.807) is 13.3 Å². The Hall–Kier alpha value is -2.17. The second kappa shape index (κ2) is 5.44. The van der Waals surface area contributed by atoms with Crippen LogP contribution in [0.5, 0.6) is 5.88 Å². The molecule has 0 aromatic carbocycles. The molecule has 94 valence electrons. The molecule has 0 atom stereocenters. The van der Waals surface area contributed by atoms with E-state index >= 15 is 0 Å². The molecule has 0 radical (unpaired) electrons. The summed E-state index contributed by atoms with van der Waals surface area (Å²) in [5, 5.41) is 11.4. The third-order valence-electron chi connectivity index (χ3n) is 2.73. The fraction of sp³-hybridized carbons (Fsp3) is 0.308. The van der Waals surface area contributed by atoms with Gasteiger partial charge in [0.15, 0.2) is 0 Å². The van der Waals surface area contributed by atoms with Crippen LogP contribution >= 0.6 is 0 Å². The molecule has 0 bridgehead atoms. The highest BCUT2D eigenvalue weighted by Crippen LogP contribution is 2.15. The Labute approximate surface area is 106 Å². The lowest BCUT2D eigenvalue weighted by Crippen LogP contribution is -2.05. The monoisotopic (exact) mass is 244 g/mol. The number of pyridine rings is 1. The first kappa shape index (κ1) is 12.3. The number of anilines is 1. The first-order valence-electron chi connectivity index (χ1n) is 5.73. The summed E-state index contributed by atoms with van der Waals surface area (Å²) in [4.78, 5) is 4.14. The van der Waals surface area contributed by atoms with Crippen molar-refractivity contribution in [1.82, 2.24) is 15.2 Å². The molecule has 2 rings (SSSR count). The zero-order chi connectivity index (χ0) is 13.0. The number of hydrogen-bond donors (Lipinski definition) is 1. The second-order valence-electron chi connectivity index (χ2n) is 4.02. The highest BCUT2D eigenvalue weighted by atomic mass is 16.5. The van der Waals surface area contributed by atoms with E-state index in [-0.39, 0.29) is 0 Å². The van der Waals surface area contributed by atoms with E-state index in [1.165, 1.54) is 0 Å². The summed E-state index contributed by atoms with van der Waals surface area (Å²) >= 11 is 0. The van der Waals surface area contributed by atoms with Crippen LogP contribution in [0.15, 0.2) is 24.4 Å². The van der Waals surface area contributed by atoms with Gasteiger partial charge in [0, 0.05) is 18.3 Å². The van der Waals surface area contributed by atoms with Crippen molar-refractivity contribution < 1.29 is 4.74 Å². The predicted molar refractivity (Wildman–Crippen MR) is 69.6 cm³/mol. The van der Waals surface area contributed by atoms with Crippen molar-refractivity contribution in [3.63, 3.8) is 0 Å². The van der Waals surface area contributed by atoms with Gasteiger partial charge in [0.25, 0.3) is 0 Å². The quantitative estimate of drug-likeness (QED) is 0.892. The van der Waals surface area contributed by atoms with Crippen molar-refractivity contribution in [2.75, 3.05) is 12.4 Å². The van der Waals surface area contributed by atoms with Crippen molar-refractivity contribution in [3.8, 4) is 5.88 Å². The van der Waals surface area contributed by atoms with Crippen LogP contribution in [0, 0.1) is 13.8 Å². The van der Waals surface area contributed by atoms with Crippen LogP contribution in [-0.4, -0.2) is 22.3 Å². The van der Waals surface area contributed by atoms with Crippen LogP contribution in [0.3, 0.4) is 0 Å². The average molecular weight is 244 g/mol. The molecule has 0 aliphatic carbocycles. The molecular formula is C13H16N4O. The minimum atomic E-state index is 0.605. The Bertz CT molecular complexity index is 542. The maximum Gasteiger partial charge on any atom is 0.218 e. The van der Waals surface area contributed by atoms with E-state index in [1.807, 2.05) is 32.0 Å². The molecule has 5 nitrogen and oxygen atoms in total. The van der Waals surface area contributed by atoms with Crippen LogP contribution < -0.4 is 10.1 Å². The lowest BCUT2D eigenvalue weighted by atomic mass is 10.2. The van der Waals surface area contributed by atoms with Gasteiger partial charge in [0.1, 0.15) is 5.82 Å². The molecular weight excluding hydrogens is 228 g/mol. The third kappa shape index (κ3) is 2.74. The van der Waals surface area contributed by atoms with Crippen molar-refractivity contribution in [2.24, 2.45) is 0 Å². The van der Waals surface area contributed by atoms with Crippen LogP contribution in [-0.2, 0) is 6.54 Å². The predicted octanol–water partition coefficient (Wildman–Crippen LogP) is 2.11. The summed E-state index contributed by atoms with van der Waals surface area (Å²) in [5.74, 6) is 1.38. The molecule has 1 N–H and O–H groups in total. The van der Waals surface area contributed by atoms with E-state index in [2.05, 4.69) is 20.5 Å². The first-order valence-corrected chi connectivity index (χ1v) is 5.73. The molecule has 0 saturated carbocycles. The summed E-state index contributed by atoms with van der Waals surface area (Å²) in [7, 11) is 1.61. The third-order valence-corrected chi connectivity index (χ3v) is 2.73. The summed E-state index contributed by atoms with van der Waals surface area (Å²) in [6, 6.07) is 5.82. The van der Waals surface area contributed by atoms with E-state index in [9.17, 15) is 0 Å². The number of aryl methyl sites for hydroxylation is 2. The molecule has 2 aromatic heterocycles. The van der Waals surface area contributed by atoms with E-state index in [0.717, 1.165) is 22.6 Å². The molecule has 5 heteroatoms. The van der Waals surface area contributed by atoms with E-state index in [4.69, 9.17) is 4.74 Å². The topological polar surface area (TPSA) is 59.9 Å². The van der Waals surface area contributed by atoms with Crippen molar-refractivity contribution in [3.05, 3.63) is 41.2 Å². The standard InChI is InChI=1S/C13H16N4O/c1-9-7-12(17-16-10(9)2)15-8-11-5-4-6-14-13(11)18-3/h4-7H,8H2,1-3H3,(H,15,17). The van der Waals surface area contributed by atoms with Gasteiger partial charge in [0.2, 0.25) is 5.88 Å². The molecule has 0 fully saturated rings. The molecule has 18 heavy (non-hydrogen) atoms. The van der Waals surface area contributed by atoms with Gasteiger partial charge >= 0.3 is 0 Å². The molecule has 0 spiro atoms. The Morgan fingerprint density at radius 3 is 2.83 bits per heavy atom. The van der Waals surface area contributed by atoms with Gasteiger partial charge in [-0.1, -0.05) is 6.07 Å². The van der Waals surface area contributed by atoms with Gasteiger partial charge in [-0.05, 0) is 31.5 Å². The van der Waals surface area contributed by atoms with Crippen LogP contribution in [0.25, 0.3) is 0 Å². The summed E-state index contributed by atoms with van der Waals surface area (Å²) in [6.07, 6.45) is 1.71. The lowest BCUT2D eigenvalue weighted by Gasteiger charge is -2.09. The van der Waals surface area contributed by atoms with Gasteiger partial charge in [0.05, 0.1) is 12.8 Å². The maximum atomic E-state index is 5.19. The van der Waals surface area contributed by atoms with Gasteiger partial charge in [-0.3, -0.25) is 0 Å². The van der Waals surface area contributed by atoms with Crippen LogP contribution in [0.2, 0.25) is 0 Å². The second-order valence-corrected chi connectivity index (χ2v) is 4.02. The lowest BCUT2D eigenvalue weighted by molar-refractivity contribution is 0.393. The minimum Gasteiger partial charge on any atom is -0.481 e. The Morgan fingerprint density at radius 1 is 1.28 bits per heavy atom. The summed E-state index contributed by atoms with van der Waals surface area (Å²) in [6.45, 7) is 4.56.